The van der Waals surface area contributed by atoms with Gasteiger partial charge in [-0.3, -0.25) is 9.89 Å². The molecule has 128 valence electrons. The lowest BCUT2D eigenvalue weighted by Crippen LogP contribution is -2.39. The standard InChI is InChI=1S/C15H17F2N5O2/c1-24-8-12-19-14(21-20-12)11-4-2-3-5-22(11)15(23)13-10(17)6-9(16)7-18-13/h6-7,11H,2-5,8H2,1H3,(H,19,20,21)/t11-/m0/s1. The fourth-order valence-corrected chi connectivity index (χ4v) is 2.81. The molecule has 2 aromatic rings. The quantitative estimate of drug-likeness (QED) is 0.922. The molecule has 24 heavy (non-hydrogen) atoms. The van der Waals surface area contributed by atoms with Gasteiger partial charge in [0, 0.05) is 19.7 Å². The van der Waals surface area contributed by atoms with Crippen LogP contribution >= 0.6 is 0 Å². The van der Waals surface area contributed by atoms with E-state index in [2.05, 4.69) is 20.2 Å². The molecule has 9 heteroatoms. The third-order valence-corrected chi connectivity index (χ3v) is 3.90. The van der Waals surface area contributed by atoms with Crippen LogP contribution in [0.5, 0.6) is 0 Å². The van der Waals surface area contributed by atoms with Crippen LogP contribution in [-0.4, -0.2) is 44.6 Å². The number of amides is 1. The number of nitrogens with zero attached hydrogens (tertiary/aromatic N) is 4. The average molecular weight is 337 g/mol. The highest BCUT2D eigenvalue weighted by Gasteiger charge is 2.33. The summed E-state index contributed by atoms with van der Waals surface area (Å²) in [4.78, 5) is 22.1. The van der Waals surface area contributed by atoms with E-state index in [9.17, 15) is 13.6 Å². The number of likely N-dealkylation sites (tertiary alicyclic amines) is 1. The minimum absolute atomic E-state index is 0.280. The molecule has 3 heterocycles. The number of aromatic nitrogens is 4. The van der Waals surface area contributed by atoms with Crippen molar-refractivity contribution in [1.29, 1.82) is 0 Å². The molecule has 2 aromatic heterocycles. The Kier molecular flexibility index (Phi) is 4.79. The van der Waals surface area contributed by atoms with Crippen LogP contribution in [-0.2, 0) is 11.3 Å². The maximum atomic E-state index is 13.9. The number of nitrogens with one attached hydrogen (secondary N) is 1. The fraction of sp³-hybridized carbons (Fsp3) is 0.467. The zero-order chi connectivity index (χ0) is 17.1. The van der Waals surface area contributed by atoms with E-state index in [0.717, 1.165) is 19.0 Å². The van der Waals surface area contributed by atoms with Gasteiger partial charge in [0.15, 0.2) is 23.2 Å². The van der Waals surface area contributed by atoms with Gasteiger partial charge in [-0.05, 0) is 19.3 Å². The highest BCUT2D eigenvalue weighted by atomic mass is 19.1. The summed E-state index contributed by atoms with van der Waals surface area (Å²) >= 11 is 0. The van der Waals surface area contributed by atoms with Crippen LogP contribution in [0.1, 0.15) is 47.4 Å². The molecule has 0 saturated carbocycles. The fourth-order valence-electron chi connectivity index (χ4n) is 2.81. The van der Waals surface area contributed by atoms with E-state index in [1.54, 1.807) is 7.11 Å². The van der Waals surface area contributed by atoms with Crippen molar-refractivity contribution in [2.45, 2.75) is 31.9 Å². The van der Waals surface area contributed by atoms with Crippen molar-refractivity contribution < 1.29 is 18.3 Å². The van der Waals surface area contributed by atoms with E-state index in [0.29, 0.717) is 30.7 Å². The lowest BCUT2D eigenvalue weighted by atomic mass is 10.0. The van der Waals surface area contributed by atoms with E-state index >= 15 is 0 Å². The maximum Gasteiger partial charge on any atom is 0.276 e. The third-order valence-electron chi connectivity index (χ3n) is 3.90. The van der Waals surface area contributed by atoms with Crippen molar-refractivity contribution >= 4 is 5.91 Å². The first kappa shape index (κ1) is 16.4. The SMILES string of the molecule is COCc1nc([C@@H]2CCCCN2C(=O)c2ncc(F)cc2F)n[nH]1. The molecule has 1 atom stereocenters. The third kappa shape index (κ3) is 3.25. The molecule has 1 N–H and O–H groups in total. The average Bonchev–Trinajstić information content (AvgIpc) is 3.03. The lowest BCUT2D eigenvalue weighted by Gasteiger charge is -2.33. The number of aromatic amines is 1. The number of ether oxygens (including phenoxy) is 1. The number of hydrogen-bond acceptors (Lipinski definition) is 5. The Hall–Kier alpha value is -2.42. The van der Waals surface area contributed by atoms with E-state index in [1.165, 1.54) is 4.90 Å². The number of hydrogen-bond donors (Lipinski definition) is 1. The van der Waals surface area contributed by atoms with Crippen molar-refractivity contribution in [1.82, 2.24) is 25.1 Å². The van der Waals surface area contributed by atoms with Crippen LogP contribution in [0.25, 0.3) is 0 Å². The Bertz CT molecular complexity index is 736. The van der Waals surface area contributed by atoms with Crippen molar-refractivity contribution in [2.75, 3.05) is 13.7 Å². The molecule has 1 amide bonds. The van der Waals surface area contributed by atoms with E-state index < -0.39 is 23.2 Å². The van der Waals surface area contributed by atoms with Gasteiger partial charge in [-0.2, -0.15) is 5.10 Å². The van der Waals surface area contributed by atoms with Crippen molar-refractivity contribution in [3.63, 3.8) is 0 Å². The molecule has 0 aliphatic carbocycles. The molecule has 1 aliphatic heterocycles. The second-order valence-electron chi connectivity index (χ2n) is 5.57. The first-order chi connectivity index (χ1) is 11.6. The Morgan fingerprint density at radius 1 is 1.46 bits per heavy atom. The van der Waals surface area contributed by atoms with Gasteiger partial charge in [0.25, 0.3) is 5.91 Å². The Balaban J connectivity index is 1.87. The van der Waals surface area contributed by atoms with Gasteiger partial charge in [0.1, 0.15) is 12.4 Å². The van der Waals surface area contributed by atoms with E-state index in [-0.39, 0.29) is 12.6 Å². The van der Waals surface area contributed by atoms with Gasteiger partial charge in [0.2, 0.25) is 0 Å². The first-order valence-electron chi connectivity index (χ1n) is 7.62. The van der Waals surface area contributed by atoms with Crippen molar-refractivity contribution in [2.24, 2.45) is 0 Å². The zero-order valence-corrected chi connectivity index (χ0v) is 13.1. The van der Waals surface area contributed by atoms with Gasteiger partial charge in [-0.15, -0.1) is 0 Å². The smallest absolute Gasteiger partial charge is 0.276 e. The molecule has 3 rings (SSSR count). The van der Waals surface area contributed by atoms with Crippen LogP contribution in [0.3, 0.4) is 0 Å². The van der Waals surface area contributed by atoms with Gasteiger partial charge >= 0.3 is 0 Å². The summed E-state index contributed by atoms with van der Waals surface area (Å²) in [5.74, 6) is -1.37. The zero-order valence-electron chi connectivity index (χ0n) is 13.1. The van der Waals surface area contributed by atoms with Crippen LogP contribution in [0.2, 0.25) is 0 Å². The molecule has 1 saturated heterocycles. The van der Waals surface area contributed by atoms with Crippen LogP contribution in [0.15, 0.2) is 12.3 Å². The Morgan fingerprint density at radius 2 is 2.29 bits per heavy atom. The minimum atomic E-state index is -0.973. The van der Waals surface area contributed by atoms with Crippen LogP contribution < -0.4 is 0 Å². The summed E-state index contributed by atoms with van der Waals surface area (Å²) in [6.45, 7) is 0.720. The van der Waals surface area contributed by atoms with Gasteiger partial charge < -0.3 is 9.64 Å². The summed E-state index contributed by atoms with van der Waals surface area (Å²) < 4.78 is 31.9. The highest BCUT2D eigenvalue weighted by Crippen LogP contribution is 2.30. The summed E-state index contributed by atoms with van der Waals surface area (Å²) in [5.41, 5.74) is -0.393. The first-order valence-corrected chi connectivity index (χ1v) is 7.62. The minimum Gasteiger partial charge on any atom is -0.377 e. The molecular weight excluding hydrogens is 320 g/mol. The largest absolute Gasteiger partial charge is 0.377 e. The predicted molar refractivity (Wildman–Crippen MR) is 78.9 cm³/mol. The summed E-state index contributed by atoms with van der Waals surface area (Å²) in [5, 5.41) is 6.90. The normalized spacial score (nSPS) is 18.0. The number of H-pyrrole nitrogens is 1. The molecular formula is C15H17F2N5O2. The van der Waals surface area contributed by atoms with Crippen molar-refractivity contribution in [3.05, 3.63) is 41.2 Å². The maximum absolute atomic E-state index is 13.9. The molecule has 0 aromatic carbocycles. The van der Waals surface area contributed by atoms with E-state index in [4.69, 9.17) is 4.74 Å². The molecule has 0 spiro atoms. The molecule has 1 fully saturated rings. The molecule has 7 nitrogen and oxygen atoms in total. The number of carbonyl (C=O) groups is 1. The predicted octanol–water partition coefficient (Wildman–Crippen LogP) is 1.99. The highest BCUT2D eigenvalue weighted by molar-refractivity contribution is 5.92. The number of carbonyl (C=O) groups excluding carboxylic acids is 1. The number of piperidine rings is 1. The van der Waals surface area contributed by atoms with Crippen LogP contribution in [0, 0.1) is 11.6 Å². The lowest BCUT2D eigenvalue weighted by molar-refractivity contribution is 0.0588. The van der Waals surface area contributed by atoms with Crippen LogP contribution in [0.4, 0.5) is 8.78 Å². The van der Waals surface area contributed by atoms with Gasteiger partial charge in [-0.25, -0.2) is 18.7 Å². The second kappa shape index (κ2) is 7.00. The summed E-state index contributed by atoms with van der Waals surface area (Å²) in [6.07, 6.45) is 3.19. The summed E-state index contributed by atoms with van der Waals surface area (Å²) in [7, 11) is 1.54. The molecule has 0 bridgehead atoms. The van der Waals surface area contributed by atoms with Crippen molar-refractivity contribution in [3.8, 4) is 0 Å². The van der Waals surface area contributed by atoms with Gasteiger partial charge in [0.05, 0.1) is 12.2 Å². The Morgan fingerprint density at radius 3 is 3.04 bits per heavy atom. The monoisotopic (exact) mass is 337 g/mol. The number of methoxy groups -OCH3 is 1. The van der Waals surface area contributed by atoms with Gasteiger partial charge in [-0.1, -0.05) is 0 Å². The Labute approximate surface area is 137 Å². The summed E-state index contributed by atoms with van der Waals surface area (Å²) in [6, 6.07) is 0.280. The second-order valence-corrected chi connectivity index (χ2v) is 5.57. The molecule has 0 unspecified atom stereocenters. The number of halogens is 2. The topological polar surface area (TPSA) is 84.0 Å². The molecule has 0 radical (unpaired) electrons. The van der Waals surface area contributed by atoms with E-state index in [1.807, 2.05) is 0 Å². The number of pyridine rings is 1. The number of rotatable bonds is 4. The molecule has 1 aliphatic rings.